The van der Waals surface area contributed by atoms with Crippen molar-refractivity contribution >= 4 is 0 Å². The minimum atomic E-state index is -2.49. The van der Waals surface area contributed by atoms with Crippen LogP contribution in [-0.4, -0.2) is 43.5 Å². The van der Waals surface area contributed by atoms with Crippen LogP contribution in [0.15, 0.2) is 0 Å². The number of piperidine rings is 1. The molecule has 0 saturated carbocycles. The van der Waals surface area contributed by atoms with E-state index in [9.17, 15) is 8.78 Å². The molecule has 2 aliphatic rings. The van der Waals surface area contributed by atoms with E-state index >= 15 is 0 Å². The second-order valence-electron chi connectivity index (χ2n) is 4.61. The maximum absolute atomic E-state index is 13.8. The van der Waals surface area contributed by atoms with Gasteiger partial charge in [-0.15, -0.1) is 0 Å². The van der Waals surface area contributed by atoms with Crippen LogP contribution in [0, 0.1) is 5.41 Å². The minimum absolute atomic E-state index is 0.0392. The number of likely N-dealkylation sites (tertiary alicyclic amines) is 1. The van der Waals surface area contributed by atoms with Crippen molar-refractivity contribution in [3.8, 4) is 0 Å². The molecule has 0 aromatic heterocycles. The Hall–Kier alpha value is -0.220. The zero-order chi connectivity index (χ0) is 10.2. The lowest BCUT2D eigenvalue weighted by molar-refractivity contribution is -0.188. The van der Waals surface area contributed by atoms with Crippen LogP contribution in [0.2, 0.25) is 0 Å². The van der Waals surface area contributed by atoms with Gasteiger partial charge in [-0.05, 0) is 25.9 Å². The Kier molecular flexibility index (Phi) is 2.52. The quantitative estimate of drug-likeness (QED) is 0.730. The van der Waals surface area contributed by atoms with Gasteiger partial charge in [0.2, 0.25) is 0 Å². The van der Waals surface area contributed by atoms with Crippen LogP contribution >= 0.6 is 0 Å². The van der Waals surface area contributed by atoms with E-state index < -0.39 is 11.3 Å². The fourth-order valence-corrected chi connectivity index (χ4v) is 2.45. The molecule has 0 radical (unpaired) electrons. The Morgan fingerprint density at radius 2 is 2.07 bits per heavy atom. The van der Waals surface area contributed by atoms with Crippen LogP contribution in [0.3, 0.4) is 0 Å². The zero-order valence-corrected chi connectivity index (χ0v) is 8.65. The SMILES string of the molecule is CCCN1CCC2(CNC2)C(F)(F)C1. The molecule has 2 saturated heterocycles. The highest BCUT2D eigenvalue weighted by molar-refractivity contribution is 5.06. The minimum Gasteiger partial charge on any atom is -0.315 e. The van der Waals surface area contributed by atoms with E-state index in [0.717, 1.165) is 19.5 Å². The third-order valence-electron chi connectivity index (χ3n) is 3.57. The molecule has 0 aromatic carbocycles. The average molecular weight is 204 g/mol. The van der Waals surface area contributed by atoms with Gasteiger partial charge in [0.25, 0.3) is 5.92 Å². The van der Waals surface area contributed by atoms with Gasteiger partial charge in [0.1, 0.15) is 0 Å². The van der Waals surface area contributed by atoms with Gasteiger partial charge in [-0.1, -0.05) is 6.92 Å². The number of hydrogen-bond acceptors (Lipinski definition) is 2. The van der Waals surface area contributed by atoms with E-state index in [-0.39, 0.29) is 6.54 Å². The first-order valence-corrected chi connectivity index (χ1v) is 5.41. The third kappa shape index (κ3) is 1.44. The molecule has 2 aliphatic heterocycles. The van der Waals surface area contributed by atoms with Crippen molar-refractivity contribution < 1.29 is 8.78 Å². The molecule has 2 fully saturated rings. The molecule has 0 atom stereocenters. The topological polar surface area (TPSA) is 15.3 Å². The molecule has 2 rings (SSSR count). The van der Waals surface area contributed by atoms with Crippen LogP contribution in [-0.2, 0) is 0 Å². The molecule has 2 nitrogen and oxygen atoms in total. The maximum Gasteiger partial charge on any atom is 0.268 e. The highest BCUT2D eigenvalue weighted by Crippen LogP contribution is 2.46. The Balaban J connectivity index is 2.01. The molecular weight excluding hydrogens is 186 g/mol. The second-order valence-corrected chi connectivity index (χ2v) is 4.61. The number of alkyl halides is 2. The smallest absolute Gasteiger partial charge is 0.268 e. The zero-order valence-electron chi connectivity index (χ0n) is 8.65. The molecule has 0 unspecified atom stereocenters. The van der Waals surface area contributed by atoms with Crippen LogP contribution in [0.25, 0.3) is 0 Å². The predicted molar refractivity (Wildman–Crippen MR) is 51.6 cm³/mol. The first-order valence-electron chi connectivity index (χ1n) is 5.41. The number of hydrogen-bond donors (Lipinski definition) is 1. The highest BCUT2D eigenvalue weighted by atomic mass is 19.3. The Labute approximate surface area is 83.7 Å². The fourth-order valence-electron chi connectivity index (χ4n) is 2.45. The van der Waals surface area contributed by atoms with Crippen molar-refractivity contribution in [2.24, 2.45) is 5.41 Å². The van der Waals surface area contributed by atoms with Crippen molar-refractivity contribution in [2.45, 2.75) is 25.7 Å². The van der Waals surface area contributed by atoms with Crippen molar-refractivity contribution in [3.63, 3.8) is 0 Å². The monoisotopic (exact) mass is 204 g/mol. The summed E-state index contributed by atoms with van der Waals surface area (Å²) in [6.45, 7) is 4.64. The Bertz CT molecular complexity index is 214. The van der Waals surface area contributed by atoms with Gasteiger partial charge in [-0.25, -0.2) is 8.78 Å². The summed E-state index contributed by atoms with van der Waals surface area (Å²) in [5.41, 5.74) is -0.711. The normalized spacial score (nSPS) is 30.2. The van der Waals surface area contributed by atoms with Gasteiger partial charge in [0.15, 0.2) is 0 Å². The predicted octanol–water partition coefficient (Wildman–Crippen LogP) is 1.33. The summed E-state index contributed by atoms with van der Waals surface area (Å²) >= 11 is 0. The van der Waals surface area contributed by atoms with Crippen molar-refractivity contribution in [3.05, 3.63) is 0 Å². The molecule has 82 valence electrons. The number of halogens is 2. The summed E-state index contributed by atoms with van der Waals surface area (Å²) in [6, 6.07) is 0. The lowest BCUT2D eigenvalue weighted by Gasteiger charge is -2.53. The molecule has 14 heavy (non-hydrogen) atoms. The summed E-state index contributed by atoms with van der Waals surface area (Å²) in [7, 11) is 0. The van der Waals surface area contributed by atoms with Crippen molar-refractivity contribution in [1.82, 2.24) is 10.2 Å². The number of rotatable bonds is 2. The van der Waals surface area contributed by atoms with E-state index in [4.69, 9.17) is 0 Å². The molecule has 4 heteroatoms. The van der Waals surface area contributed by atoms with E-state index in [2.05, 4.69) is 5.32 Å². The second kappa shape index (κ2) is 3.42. The van der Waals surface area contributed by atoms with Crippen LogP contribution in [0.5, 0.6) is 0 Å². The molecule has 0 bridgehead atoms. The number of nitrogens with zero attached hydrogens (tertiary/aromatic N) is 1. The first kappa shape index (κ1) is 10.3. The summed E-state index contributed by atoms with van der Waals surface area (Å²) in [5, 5.41) is 2.98. The Morgan fingerprint density at radius 3 is 2.50 bits per heavy atom. The van der Waals surface area contributed by atoms with Crippen molar-refractivity contribution in [2.75, 3.05) is 32.7 Å². The molecule has 0 amide bonds. The maximum atomic E-state index is 13.8. The van der Waals surface area contributed by atoms with E-state index in [1.165, 1.54) is 0 Å². The van der Waals surface area contributed by atoms with E-state index in [1.807, 2.05) is 11.8 Å². The standard InChI is InChI=1S/C10H18F2N2/c1-2-4-14-5-3-9(6-13-7-9)10(11,12)8-14/h13H,2-8H2,1H3. The summed E-state index contributed by atoms with van der Waals surface area (Å²) in [6.07, 6.45) is 1.61. The number of nitrogens with one attached hydrogen (secondary N) is 1. The average Bonchev–Trinajstić information content (AvgIpc) is 2.00. The largest absolute Gasteiger partial charge is 0.315 e. The highest BCUT2D eigenvalue weighted by Gasteiger charge is 2.59. The molecular formula is C10H18F2N2. The molecule has 0 aromatic rings. The van der Waals surface area contributed by atoms with Gasteiger partial charge in [0.05, 0.1) is 12.0 Å². The van der Waals surface area contributed by atoms with E-state index in [1.54, 1.807) is 0 Å². The summed E-state index contributed by atoms with van der Waals surface area (Å²) in [4.78, 5) is 1.89. The van der Waals surface area contributed by atoms with Gasteiger partial charge < -0.3 is 5.32 Å². The molecule has 0 aliphatic carbocycles. The first-order chi connectivity index (χ1) is 6.60. The Morgan fingerprint density at radius 1 is 1.36 bits per heavy atom. The van der Waals surface area contributed by atoms with Gasteiger partial charge in [-0.3, -0.25) is 4.90 Å². The fraction of sp³-hybridized carbons (Fsp3) is 1.00. The van der Waals surface area contributed by atoms with Gasteiger partial charge in [0, 0.05) is 13.1 Å². The van der Waals surface area contributed by atoms with Gasteiger partial charge >= 0.3 is 0 Å². The summed E-state index contributed by atoms with van der Waals surface area (Å²) in [5.74, 6) is -2.49. The lowest BCUT2D eigenvalue weighted by atomic mass is 9.70. The lowest BCUT2D eigenvalue weighted by Crippen LogP contribution is -2.69. The van der Waals surface area contributed by atoms with E-state index in [0.29, 0.717) is 19.5 Å². The molecule has 1 spiro atoms. The third-order valence-corrected chi connectivity index (χ3v) is 3.57. The van der Waals surface area contributed by atoms with Crippen LogP contribution in [0.1, 0.15) is 19.8 Å². The molecule has 2 heterocycles. The summed E-state index contributed by atoms with van der Waals surface area (Å²) < 4.78 is 27.6. The van der Waals surface area contributed by atoms with Crippen LogP contribution < -0.4 is 5.32 Å². The van der Waals surface area contributed by atoms with Crippen LogP contribution in [0.4, 0.5) is 8.78 Å². The molecule has 1 N–H and O–H groups in total. The van der Waals surface area contributed by atoms with Crippen molar-refractivity contribution in [1.29, 1.82) is 0 Å². The van der Waals surface area contributed by atoms with Gasteiger partial charge in [-0.2, -0.15) is 0 Å².